The number of carboxylic acids is 1. The Bertz CT molecular complexity index is 493. The molecule has 0 fully saturated rings. The van der Waals surface area contributed by atoms with Crippen LogP contribution in [-0.2, 0) is 9.59 Å². The number of carbonyl (C=O) groups is 2. The first-order chi connectivity index (χ1) is 8.06. The number of nitrogens with zero attached hydrogens (tertiary/aromatic N) is 2. The standard InChI is InChI=1S/C11H10N2O4/c14-9-3-1-8(2-4-9)13-10(15)5-7(12-13)6-11(16)17/h1-4,14H,5-6H2,(H,16,17). The number of hydrogen-bond acceptors (Lipinski definition) is 4. The molecule has 1 amide bonds. The van der Waals surface area contributed by atoms with Gasteiger partial charge in [-0.2, -0.15) is 5.10 Å². The molecule has 0 saturated carbocycles. The summed E-state index contributed by atoms with van der Waals surface area (Å²) < 4.78 is 0. The summed E-state index contributed by atoms with van der Waals surface area (Å²) in [6.07, 6.45) is -0.215. The highest BCUT2D eigenvalue weighted by molar-refractivity contribution is 6.16. The van der Waals surface area contributed by atoms with Crippen molar-refractivity contribution in [2.45, 2.75) is 12.8 Å². The number of hydrogen-bond donors (Lipinski definition) is 2. The average Bonchev–Trinajstić information content (AvgIpc) is 2.59. The first-order valence-electron chi connectivity index (χ1n) is 4.96. The van der Waals surface area contributed by atoms with Gasteiger partial charge in [0.25, 0.3) is 5.91 Å². The molecule has 1 aliphatic rings. The van der Waals surface area contributed by atoms with Crippen LogP contribution >= 0.6 is 0 Å². The van der Waals surface area contributed by atoms with Crippen LogP contribution < -0.4 is 5.01 Å². The minimum absolute atomic E-state index is 0.0210. The van der Waals surface area contributed by atoms with Gasteiger partial charge in [0.1, 0.15) is 5.75 Å². The molecule has 0 unspecified atom stereocenters. The van der Waals surface area contributed by atoms with Crippen LogP contribution in [0.5, 0.6) is 5.75 Å². The Morgan fingerprint density at radius 2 is 2.00 bits per heavy atom. The molecule has 1 aromatic rings. The summed E-state index contributed by atoms with van der Waals surface area (Å²) in [6.45, 7) is 0. The van der Waals surface area contributed by atoms with E-state index in [2.05, 4.69) is 5.10 Å². The highest BCUT2D eigenvalue weighted by Gasteiger charge is 2.26. The third kappa shape index (κ3) is 2.41. The first kappa shape index (κ1) is 11.1. The van der Waals surface area contributed by atoms with Gasteiger partial charge in [-0.1, -0.05) is 0 Å². The van der Waals surface area contributed by atoms with Crippen molar-refractivity contribution in [3.63, 3.8) is 0 Å². The van der Waals surface area contributed by atoms with Crippen molar-refractivity contribution in [2.75, 3.05) is 5.01 Å². The quantitative estimate of drug-likeness (QED) is 0.814. The van der Waals surface area contributed by atoms with Gasteiger partial charge >= 0.3 is 5.97 Å². The molecule has 0 aliphatic carbocycles. The Morgan fingerprint density at radius 1 is 1.35 bits per heavy atom. The van der Waals surface area contributed by atoms with E-state index in [1.807, 2.05) is 0 Å². The number of rotatable bonds is 3. The fourth-order valence-electron chi connectivity index (χ4n) is 1.55. The van der Waals surface area contributed by atoms with E-state index in [4.69, 9.17) is 10.2 Å². The molecule has 2 rings (SSSR count). The number of carboxylic acid groups (broad SMARTS) is 1. The minimum atomic E-state index is -1.01. The fraction of sp³-hybridized carbons (Fsp3) is 0.182. The molecule has 0 atom stereocenters. The highest BCUT2D eigenvalue weighted by Crippen LogP contribution is 2.23. The lowest BCUT2D eigenvalue weighted by Gasteiger charge is -2.11. The van der Waals surface area contributed by atoms with E-state index in [1.54, 1.807) is 12.1 Å². The van der Waals surface area contributed by atoms with Gasteiger partial charge in [0.05, 0.1) is 24.2 Å². The minimum Gasteiger partial charge on any atom is -0.508 e. The summed E-state index contributed by atoms with van der Waals surface area (Å²) in [5.74, 6) is -1.19. The Hall–Kier alpha value is -2.37. The number of aliphatic carboxylic acids is 1. The summed E-state index contributed by atoms with van der Waals surface area (Å²) >= 11 is 0. The number of hydrazone groups is 1. The highest BCUT2D eigenvalue weighted by atomic mass is 16.4. The van der Waals surface area contributed by atoms with Gasteiger partial charge in [-0.25, -0.2) is 5.01 Å². The maximum absolute atomic E-state index is 11.6. The third-order valence-corrected chi connectivity index (χ3v) is 2.28. The molecule has 1 heterocycles. The molecule has 0 bridgehead atoms. The molecule has 1 aliphatic heterocycles. The molecule has 0 radical (unpaired) electrons. The molecule has 6 heteroatoms. The van der Waals surface area contributed by atoms with Crippen molar-refractivity contribution < 1.29 is 19.8 Å². The van der Waals surface area contributed by atoms with Crippen LogP contribution in [-0.4, -0.2) is 27.8 Å². The van der Waals surface area contributed by atoms with Crippen LogP contribution in [0.4, 0.5) is 5.69 Å². The van der Waals surface area contributed by atoms with Crippen molar-refractivity contribution in [2.24, 2.45) is 5.10 Å². The van der Waals surface area contributed by atoms with E-state index in [-0.39, 0.29) is 24.5 Å². The summed E-state index contributed by atoms with van der Waals surface area (Å²) in [5, 5.41) is 22.8. The van der Waals surface area contributed by atoms with Crippen LogP contribution in [0.25, 0.3) is 0 Å². The van der Waals surface area contributed by atoms with E-state index in [0.717, 1.165) is 5.01 Å². The van der Waals surface area contributed by atoms with Crippen molar-refractivity contribution >= 4 is 23.3 Å². The topological polar surface area (TPSA) is 90.2 Å². The van der Waals surface area contributed by atoms with Crippen molar-refractivity contribution in [3.8, 4) is 5.75 Å². The lowest BCUT2D eigenvalue weighted by molar-refractivity contribution is -0.135. The van der Waals surface area contributed by atoms with E-state index < -0.39 is 5.97 Å². The Kier molecular flexibility index (Phi) is 2.78. The molecule has 0 aromatic heterocycles. The zero-order chi connectivity index (χ0) is 12.4. The molecular formula is C11H10N2O4. The Balaban J connectivity index is 2.21. The van der Waals surface area contributed by atoms with Crippen LogP contribution in [0.2, 0.25) is 0 Å². The number of phenolic OH excluding ortho intramolecular Hbond substituents is 1. The summed E-state index contributed by atoms with van der Waals surface area (Å²) in [7, 11) is 0. The summed E-state index contributed by atoms with van der Waals surface area (Å²) in [5.41, 5.74) is 0.837. The van der Waals surface area contributed by atoms with Crippen molar-refractivity contribution in [1.29, 1.82) is 0 Å². The van der Waals surface area contributed by atoms with Crippen LogP contribution in [0, 0.1) is 0 Å². The van der Waals surface area contributed by atoms with Gasteiger partial charge in [-0.3, -0.25) is 9.59 Å². The second-order valence-corrected chi connectivity index (χ2v) is 3.64. The molecule has 6 nitrogen and oxygen atoms in total. The van der Waals surface area contributed by atoms with Gasteiger partial charge < -0.3 is 10.2 Å². The average molecular weight is 234 g/mol. The number of carbonyl (C=O) groups excluding carboxylic acids is 1. The third-order valence-electron chi connectivity index (χ3n) is 2.28. The van der Waals surface area contributed by atoms with Crippen molar-refractivity contribution in [3.05, 3.63) is 24.3 Å². The monoisotopic (exact) mass is 234 g/mol. The maximum Gasteiger partial charge on any atom is 0.309 e. The summed E-state index contributed by atoms with van der Waals surface area (Å²) in [6, 6.07) is 5.96. The predicted molar refractivity (Wildman–Crippen MR) is 59.9 cm³/mol. The van der Waals surface area contributed by atoms with E-state index >= 15 is 0 Å². The fourth-order valence-corrected chi connectivity index (χ4v) is 1.55. The molecule has 0 spiro atoms. The molecule has 0 saturated heterocycles. The van der Waals surface area contributed by atoms with Gasteiger partial charge in [0.2, 0.25) is 0 Å². The number of phenols is 1. The zero-order valence-corrected chi connectivity index (χ0v) is 8.83. The summed E-state index contributed by atoms with van der Waals surface area (Å²) in [4.78, 5) is 22.1. The second kappa shape index (κ2) is 4.25. The largest absolute Gasteiger partial charge is 0.508 e. The van der Waals surface area contributed by atoms with Gasteiger partial charge in [-0.15, -0.1) is 0 Å². The van der Waals surface area contributed by atoms with Gasteiger partial charge in [0.15, 0.2) is 0 Å². The van der Waals surface area contributed by atoms with Crippen LogP contribution in [0.15, 0.2) is 29.4 Å². The van der Waals surface area contributed by atoms with Crippen LogP contribution in [0.1, 0.15) is 12.8 Å². The Morgan fingerprint density at radius 3 is 2.59 bits per heavy atom. The first-order valence-corrected chi connectivity index (χ1v) is 4.96. The number of benzene rings is 1. The van der Waals surface area contributed by atoms with E-state index in [9.17, 15) is 9.59 Å². The van der Waals surface area contributed by atoms with Gasteiger partial charge in [-0.05, 0) is 24.3 Å². The number of anilines is 1. The molecule has 2 N–H and O–H groups in total. The predicted octanol–water partition coefficient (Wildman–Crippen LogP) is 0.960. The zero-order valence-electron chi connectivity index (χ0n) is 8.83. The smallest absolute Gasteiger partial charge is 0.309 e. The Labute approximate surface area is 96.8 Å². The number of amides is 1. The van der Waals surface area contributed by atoms with E-state index in [1.165, 1.54) is 12.1 Å². The molecule has 17 heavy (non-hydrogen) atoms. The lowest BCUT2D eigenvalue weighted by Crippen LogP contribution is -2.19. The SMILES string of the molecule is O=C(O)CC1=NN(c2ccc(O)cc2)C(=O)C1. The molecule has 1 aromatic carbocycles. The second-order valence-electron chi connectivity index (χ2n) is 3.64. The van der Waals surface area contributed by atoms with E-state index in [0.29, 0.717) is 11.4 Å². The normalized spacial score (nSPS) is 14.9. The number of aromatic hydroxyl groups is 1. The maximum atomic E-state index is 11.6. The lowest BCUT2D eigenvalue weighted by atomic mass is 10.2. The van der Waals surface area contributed by atoms with Crippen molar-refractivity contribution in [1.82, 2.24) is 0 Å². The van der Waals surface area contributed by atoms with Crippen LogP contribution in [0.3, 0.4) is 0 Å². The molecule has 88 valence electrons. The van der Waals surface area contributed by atoms with Gasteiger partial charge in [0, 0.05) is 0 Å². The molecular weight excluding hydrogens is 224 g/mol.